The number of rotatable bonds is 2. The first-order valence-electron chi connectivity index (χ1n) is 5.07. The summed E-state index contributed by atoms with van der Waals surface area (Å²) in [5.41, 5.74) is 2.54. The highest BCUT2D eigenvalue weighted by molar-refractivity contribution is 5.91. The molecular formula is C12H15NO. The van der Waals surface area contributed by atoms with Crippen molar-refractivity contribution in [2.24, 2.45) is 0 Å². The summed E-state index contributed by atoms with van der Waals surface area (Å²) in [6.45, 7) is 3.80. The second-order valence-electron chi connectivity index (χ2n) is 3.95. The molecular weight excluding hydrogens is 174 g/mol. The lowest BCUT2D eigenvalue weighted by molar-refractivity contribution is -0.112. The van der Waals surface area contributed by atoms with Gasteiger partial charge in [0, 0.05) is 17.4 Å². The normalized spacial score (nSPS) is 20.3. The van der Waals surface area contributed by atoms with Crippen LogP contribution < -0.4 is 0 Å². The van der Waals surface area contributed by atoms with Crippen molar-refractivity contribution in [3.8, 4) is 0 Å². The highest BCUT2D eigenvalue weighted by Crippen LogP contribution is 2.28. The smallest absolute Gasteiger partial charge is 0.152 e. The molecule has 74 valence electrons. The lowest BCUT2D eigenvalue weighted by atomic mass is 10.2. The Bertz CT molecular complexity index is 387. The van der Waals surface area contributed by atoms with Crippen LogP contribution in [0, 0.1) is 0 Å². The Morgan fingerprint density at radius 2 is 2.36 bits per heavy atom. The number of carbonyl (C=O) groups excluding carboxylic acids is 1. The fraction of sp³-hybridized carbons (Fsp3) is 0.417. The molecule has 0 aromatic carbocycles. The highest BCUT2D eigenvalue weighted by Gasteiger charge is 2.19. The molecule has 0 fully saturated rings. The van der Waals surface area contributed by atoms with Crippen molar-refractivity contribution in [1.29, 1.82) is 0 Å². The summed E-state index contributed by atoms with van der Waals surface area (Å²) in [5.74, 6) is 0.103. The van der Waals surface area contributed by atoms with E-state index in [1.165, 1.54) is 12.1 Å². The summed E-state index contributed by atoms with van der Waals surface area (Å²) in [7, 11) is 0. The third-order valence-electron chi connectivity index (χ3n) is 2.78. The van der Waals surface area contributed by atoms with Crippen LogP contribution in [0.4, 0.5) is 0 Å². The largest absolute Gasteiger partial charge is 0.342 e. The van der Waals surface area contributed by atoms with Gasteiger partial charge >= 0.3 is 0 Å². The van der Waals surface area contributed by atoms with E-state index in [9.17, 15) is 4.79 Å². The molecule has 2 heteroatoms. The molecule has 1 aliphatic heterocycles. The van der Waals surface area contributed by atoms with E-state index in [-0.39, 0.29) is 5.78 Å². The number of aryl methyl sites for hydroxylation is 1. The maximum absolute atomic E-state index is 10.8. The molecule has 2 heterocycles. The van der Waals surface area contributed by atoms with Crippen LogP contribution in [0.25, 0.3) is 6.08 Å². The van der Waals surface area contributed by atoms with E-state index in [4.69, 9.17) is 0 Å². The van der Waals surface area contributed by atoms with E-state index >= 15 is 0 Å². The maximum Gasteiger partial charge on any atom is 0.152 e. The van der Waals surface area contributed by atoms with E-state index in [1.54, 1.807) is 13.0 Å². The lowest BCUT2D eigenvalue weighted by Gasteiger charge is -2.09. The second kappa shape index (κ2) is 3.45. The van der Waals surface area contributed by atoms with Gasteiger partial charge in [0.25, 0.3) is 0 Å². The minimum Gasteiger partial charge on any atom is -0.342 e. The number of carbonyl (C=O) groups is 1. The third kappa shape index (κ3) is 1.52. The molecule has 1 aromatic heterocycles. The third-order valence-corrected chi connectivity index (χ3v) is 2.78. The van der Waals surface area contributed by atoms with Crippen molar-refractivity contribution in [3.63, 3.8) is 0 Å². The molecule has 1 aromatic rings. The Kier molecular flexibility index (Phi) is 2.28. The Balaban J connectivity index is 2.32. The van der Waals surface area contributed by atoms with E-state index in [0.29, 0.717) is 6.04 Å². The Morgan fingerprint density at radius 1 is 1.57 bits per heavy atom. The first kappa shape index (κ1) is 9.25. The molecule has 14 heavy (non-hydrogen) atoms. The van der Waals surface area contributed by atoms with Gasteiger partial charge in [-0.15, -0.1) is 0 Å². The van der Waals surface area contributed by atoms with Crippen LogP contribution in [0.5, 0.6) is 0 Å². The van der Waals surface area contributed by atoms with Gasteiger partial charge in [-0.2, -0.15) is 0 Å². The number of fused-ring (bicyclic) bond motifs is 1. The number of nitrogens with zero attached hydrogens (tertiary/aromatic N) is 1. The molecule has 0 spiro atoms. The number of aromatic nitrogens is 1. The van der Waals surface area contributed by atoms with E-state index in [2.05, 4.69) is 23.6 Å². The zero-order valence-corrected chi connectivity index (χ0v) is 8.66. The molecule has 1 aliphatic rings. The van der Waals surface area contributed by atoms with Crippen LogP contribution >= 0.6 is 0 Å². The van der Waals surface area contributed by atoms with Gasteiger partial charge in [-0.25, -0.2) is 0 Å². The van der Waals surface area contributed by atoms with E-state index in [0.717, 1.165) is 12.1 Å². The van der Waals surface area contributed by atoms with Gasteiger partial charge in [0.1, 0.15) is 0 Å². The first-order chi connectivity index (χ1) is 6.68. The van der Waals surface area contributed by atoms with Crippen LogP contribution in [0.1, 0.15) is 37.7 Å². The van der Waals surface area contributed by atoms with Gasteiger partial charge in [0.05, 0.1) is 0 Å². The van der Waals surface area contributed by atoms with Crippen LogP contribution in [0.3, 0.4) is 0 Å². The summed E-state index contributed by atoms with van der Waals surface area (Å²) in [6, 6.07) is 4.82. The monoisotopic (exact) mass is 189 g/mol. The molecule has 0 bridgehead atoms. The standard InChI is InChI=1S/C12H15NO/c1-9-3-5-11-7-8-12(13(9)11)6-4-10(2)14/h4,6-9H,3,5H2,1-2H3. The minimum atomic E-state index is 0.103. The lowest BCUT2D eigenvalue weighted by Crippen LogP contribution is -2.00. The molecule has 0 saturated carbocycles. The fourth-order valence-corrected chi connectivity index (χ4v) is 2.07. The molecule has 1 unspecified atom stereocenters. The van der Waals surface area contributed by atoms with Gasteiger partial charge in [0.15, 0.2) is 5.78 Å². The maximum atomic E-state index is 10.8. The molecule has 2 nitrogen and oxygen atoms in total. The number of ketones is 1. The molecule has 1 atom stereocenters. The zero-order chi connectivity index (χ0) is 10.1. The summed E-state index contributed by atoms with van der Waals surface area (Å²) >= 11 is 0. The van der Waals surface area contributed by atoms with Crippen molar-refractivity contribution in [1.82, 2.24) is 4.57 Å². The molecule has 2 rings (SSSR count). The Labute approximate surface area is 84.2 Å². The van der Waals surface area contributed by atoms with Gasteiger partial charge in [-0.05, 0) is 51.0 Å². The van der Waals surface area contributed by atoms with Crippen LogP contribution in [0.2, 0.25) is 0 Å². The predicted molar refractivity (Wildman–Crippen MR) is 57.2 cm³/mol. The second-order valence-corrected chi connectivity index (χ2v) is 3.95. The van der Waals surface area contributed by atoms with Gasteiger partial charge < -0.3 is 4.57 Å². The molecule has 0 aliphatic carbocycles. The minimum absolute atomic E-state index is 0.103. The van der Waals surface area contributed by atoms with Gasteiger partial charge in [0.2, 0.25) is 0 Å². The predicted octanol–water partition coefficient (Wildman–Crippen LogP) is 2.60. The van der Waals surface area contributed by atoms with E-state index < -0.39 is 0 Å². The van der Waals surface area contributed by atoms with E-state index in [1.807, 2.05) is 6.08 Å². The molecule has 0 saturated heterocycles. The van der Waals surface area contributed by atoms with Crippen molar-refractivity contribution < 1.29 is 4.79 Å². The van der Waals surface area contributed by atoms with Gasteiger partial charge in [-0.1, -0.05) is 0 Å². The summed E-state index contributed by atoms with van der Waals surface area (Å²) in [6.07, 6.45) is 5.92. The Hall–Kier alpha value is -1.31. The number of hydrogen-bond donors (Lipinski definition) is 0. The SMILES string of the molecule is CC(=O)C=Cc1ccc2n1C(C)CC2. The quantitative estimate of drug-likeness (QED) is 0.655. The van der Waals surface area contributed by atoms with Crippen LogP contribution in [-0.2, 0) is 11.2 Å². The number of hydrogen-bond acceptors (Lipinski definition) is 1. The summed E-state index contributed by atoms with van der Waals surface area (Å²) in [4.78, 5) is 10.8. The molecule has 0 amide bonds. The first-order valence-corrected chi connectivity index (χ1v) is 5.07. The zero-order valence-electron chi connectivity index (χ0n) is 8.66. The topological polar surface area (TPSA) is 22.0 Å². The molecule has 0 radical (unpaired) electrons. The van der Waals surface area contributed by atoms with Crippen molar-refractivity contribution >= 4 is 11.9 Å². The van der Waals surface area contributed by atoms with Crippen LogP contribution in [0.15, 0.2) is 18.2 Å². The fourth-order valence-electron chi connectivity index (χ4n) is 2.07. The number of allylic oxidation sites excluding steroid dienone is 1. The average Bonchev–Trinajstić information content (AvgIpc) is 2.66. The van der Waals surface area contributed by atoms with Crippen molar-refractivity contribution in [3.05, 3.63) is 29.6 Å². The summed E-state index contributed by atoms with van der Waals surface area (Å²) in [5, 5.41) is 0. The summed E-state index contributed by atoms with van der Waals surface area (Å²) < 4.78 is 2.32. The average molecular weight is 189 g/mol. The van der Waals surface area contributed by atoms with Gasteiger partial charge in [-0.3, -0.25) is 4.79 Å². The van der Waals surface area contributed by atoms with Crippen molar-refractivity contribution in [2.45, 2.75) is 32.7 Å². The van der Waals surface area contributed by atoms with Crippen molar-refractivity contribution in [2.75, 3.05) is 0 Å². The van der Waals surface area contributed by atoms with Crippen LogP contribution in [-0.4, -0.2) is 10.4 Å². The highest BCUT2D eigenvalue weighted by atomic mass is 16.1. The Morgan fingerprint density at radius 3 is 3.07 bits per heavy atom. The molecule has 0 N–H and O–H groups in total.